The summed E-state index contributed by atoms with van der Waals surface area (Å²) in [7, 11) is 0. The number of hydrogen-bond acceptors (Lipinski definition) is 2. The van der Waals surface area contributed by atoms with Gasteiger partial charge in [-0.05, 0) is 27.9 Å². The minimum absolute atomic E-state index is 0.451. The van der Waals surface area contributed by atoms with E-state index in [1.54, 1.807) is 6.20 Å². The average molecular weight is 240 g/mol. The van der Waals surface area contributed by atoms with Crippen LogP contribution in [0, 0.1) is 0 Å². The van der Waals surface area contributed by atoms with Crippen molar-refractivity contribution in [3.05, 3.63) is 28.8 Å². The Morgan fingerprint density at radius 3 is 2.85 bits per heavy atom. The highest BCUT2D eigenvalue weighted by atomic mass is 79.9. The van der Waals surface area contributed by atoms with Crippen LogP contribution in [0.2, 0.25) is 0 Å². The fourth-order valence-corrected chi connectivity index (χ4v) is 1.61. The average Bonchev–Trinajstić information content (AvgIpc) is 2.49. The molecule has 2 aromatic heterocycles. The van der Waals surface area contributed by atoms with Crippen molar-refractivity contribution in [2.24, 2.45) is 0 Å². The van der Waals surface area contributed by atoms with E-state index in [0.717, 1.165) is 15.8 Å². The van der Waals surface area contributed by atoms with E-state index in [1.807, 2.05) is 10.7 Å². The van der Waals surface area contributed by atoms with Crippen molar-refractivity contribution in [2.75, 3.05) is 0 Å². The van der Waals surface area contributed by atoms with E-state index in [9.17, 15) is 0 Å². The Hall–Kier alpha value is -0.900. The van der Waals surface area contributed by atoms with E-state index < -0.39 is 0 Å². The molecule has 0 spiro atoms. The van der Waals surface area contributed by atoms with Gasteiger partial charge in [0.15, 0.2) is 0 Å². The topological polar surface area (TPSA) is 30.2 Å². The third-order valence-electron chi connectivity index (χ3n) is 1.95. The van der Waals surface area contributed by atoms with Gasteiger partial charge in [0.1, 0.15) is 4.60 Å². The number of rotatable bonds is 1. The smallest absolute Gasteiger partial charge is 0.131 e. The second-order valence-corrected chi connectivity index (χ2v) is 4.02. The molecular weight excluding hydrogens is 230 g/mol. The summed E-state index contributed by atoms with van der Waals surface area (Å²) >= 11 is 3.39. The molecule has 0 unspecified atom stereocenters. The maximum Gasteiger partial charge on any atom is 0.131 e. The Labute approximate surface area is 84.9 Å². The highest BCUT2D eigenvalue weighted by Crippen LogP contribution is 2.19. The van der Waals surface area contributed by atoms with Gasteiger partial charge in [-0.1, -0.05) is 13.8 Å². The second kappa shape index (κ2) is 3.10. The van der Waals surface area contributed by atoms with Crippen molar-refractivity contribution in [3.63, 3.8) is 0 Å². The van der Waals surface area contributed by atoms with Crippen LogP contribution < -0.4 is 0 Å². The SMILES string of the molecule is CC(C)c1cc2c(Br)nccn2n1. The van der Waals surface area contributed by atoms with Crippen LogP contribution in [0.25, 0.3) is 5.52 Å². The number of hydrogen-bond donors (Lipinski definition) is 0. The van der Waals surface area contributed by atoms with Crippen LogP contribution in [-0.4, -0.2) is 14.6 Å². The highest BCUT2D eigenvalue weighted by Gasteiger charge is 2.07. The lowest BCUT2D eigenvalue weighted by molar-refractivity contribution is 0.786. The van der Waals surface area contributed by atoms with E-state index in [0.29, 0.717) is 5.92 Å². The van der Waals surface area contributed by atoms with Crippen molar-refractivity contribution in [3.8, 4) is 0 Å². The molecule has 0 amide bonds. The first-order valence-electron chi connectivity index (χ1n) is 4.18. The van der Waals surface area contributed by atoms with E-state index in [-0.39, 0.29) is 0 Å². The van der Waals surface area contributed by atoms with Crippen LogP contribution in [0.1, 0.15) is 25.5 Å². The van der Waals surface area contributed by atoms with Gasteiger partial charge >= 0.3 is 0 Å². The minimum atomic E-state index is 0.451. The molecule has 0 radical (unpaired) electrons. The molecule has 0 saturated carbocycles. The van der Waals surface area contributed by atoms with Crippen LogP contribution in [0.4, 0.5) is 0 Å². The predicted molar refractivity (Wildman–Crippen MR) is 54.8 cm³/mol. The van der Waals surface area contributed by atoms with Crippen LogP contribution in [-0.2, 0) is 0 Å². The lowest BCUT2D eigenvalue weighted by atomic mass is 10.1. The Balaban J connectivity index is 2.68. The van der Waals surface area contributed by atoms with Gasteiger partial charge in [0, 0.05) is 12.4 Å². The molecule has 0 aliphatic rings. The van der Waals surface area contributed by atoms with Crippen molar-refractivity contribution < 1.29 is 0 Å². The molecule has 3 nitrogen and oxygen atoms in total. The molecule has 2 aromatic rings. The molecule has 68 valence electrons. The quantitative estimate of drug-likeness (QED) is 0.766. The largest absolute Gasteiger partial charge is 0.245 e. The van der Waals surface area contributed by atoms with Crippen molar-refractivity contribution in [1.29, 1.82) is 0 Å². The molecule has 13 heavy (non-hydrogen) atoms. The third-order valence-corrected chi connectivity index (χ3v) is 2.56. The Morgan fingerprint density at radius 2 is 2.23 bits per heavy atom. The fourth-order valence-electron chi connectivity index (χ4n) is 1.19. The summed E-state index contributed by atoms with van der Waals surface area (Å²) in [6.07, 6.45) is 3.58. The molecule has 4 heteroatoms. The Morgan fingerprint density at radius 1 is 1.46 bits per heavy atom. The zero-order chi connectivity index (χ0) is 9.42. The lowest BCUT2D eigenvalue weighted by Gasteiger charge is -1.95. The molecule has 0 aliphatic heterocycles. The number of halogens is 1. The van der Waals surface area contributed by atoms with Crippen LogP contribution in [0.3, 0.4) is 0 Å². The third kappa shape index (κ3) is 1.46. The zero-order valence-corrected chi connectivity index (χ0v) is 9.12. The number of fused-ring (bicyclic) bond motifs is 1. The first kappa shape index (κ1) is 8.69. The van der Waals surface area contributed by atoms with Crippen molar-refractivity contribution >= 4 is 21.4 Å². The van der Waals surface area contributed by atoms with Gasteiger partial charge in [-0.2, -0.15) is 5.10 Å². The maximum absolute atomic E-state index is 4.42. The predicted octanol–water partition coefficient (Wildman–Crippen LogP) is 2.62. The molecule has 0 bridgehead atoms. The summed E-state index contributed by atoms with van der Waals surface area (Å²) in [5.41, 5.74) is 2.11. The summed E-state index contributed by atoms with van der Waals surface area (Å²) in [6.45, 7) is 4.26. The van der Waals surface area contributed by atoms with Crippen molar-refractivity contribution in [1.82, 2.24) is 14.6 Å². The standard InChI is InChI=1S/C9H10BrN3/c1-6(2)7-5-8-9(10)11-3-4-13(8)12-7/h3-6H,1-2H3. The monoisotopic (exact) mass is 239 g/mol. The molecule has 0 N–H and O–H groups in total. The summed E-state index contributed by atoms with van der Waals surface area (Å²) in [6, 6.07) is 2.06. The van der Waals surface area contributed by atoms with Crippen LogP contribution in [0.5, 0.6) is 0 Å². The van der Waals surface area contributed by atoms with Crippen LogP contribution >= 0.6 is 15.9 Å². The molecule has 0 saturated heterocycles. The first-order chi connectivity index (χ1) is 6.18. The van der Waals surface area contributed by atoms with E-state index in [4.69, 9.17) is 0 Å². The van der Waals surface area contributed by atoms with Gasteiger partial charge in [-0.25, -0.2) is 9.50 Å². The summed E-state index contributed by atoms with van der Waals surface area (Å²) in [5, 5.41) is 4.42. The van der Waals surface area contributed by atoms with E-state index in [2.05, 4.69) is 45.9 Å². The minimum Gasteiger partial charge on any atom is -0.245 e. The normalized spacial score (nSPS) is 11.4. The molecule has 0 aliphatic carbocycles. The van der Waals surface area contributed by atoms with Gasteiger partial charge in [0.25, 0.3) is 0 Å². The molecular formula is C9H10BrN3. The zero-order valence-electron chi connectivity index (χ0n) is 7.53. The summed E-state index contributed by atoms with van der Waals surface area (Å²) < 4.78 is 2.68. The molecule has 0 fully saturated rings. The Kier molecular flexibility index (Phi) is 2.07. The second-order valence-electron chi connectivity index (χ2n) is 3.27. The van der Waals surface area contributed by atoms with E-state index >= 15 is 0 Å². The lowest BCUT2D eigenvalue weighted by Crippen LogP contribution is -1.91. The molecule has 0 aromatic carbocycles. The maximum atomic E-state index is 4.42. The van der Waals surface area contributed by atoms with Gasteiger partial charge in [0.05, 0.1) is 11.2 Å². The first-order valence-corrected chi connectivity index (χ1v) is 4.97. The van der Waals surface area contributed by atoms with Gasteiger partial charge in [-0.3, -0.25) is 0 Å². The van der Waals surface area contributed by atoms with E-state index in [1.165, 1.54) is 0 Å². The van der Waals surface area contributed by atoms with Gasteiger partial charge in [0.2, 0.25) is 0 Å². The van der Waals surface area contributed by atoms with Gasteiger partial charge < -0.3 is 0 Å². The highest BCUT2D eigenvalue weighted by molar-refractivity contribution is 9.10. The summed E-state index contributed by atoms with van der Waals surface area (Å²) in [5.74, 6) is 0.451. The van der Waals surface area contributed by atoms with Crippen LogP contribution in [0.15, 0.2) is 23.1 Å². The summed E-state index contributed by atoms with van der Waals surface area (Å²) in [4.78, 5) is 4.14. The number of aromatic nitrogens is 3. The Bertz CT molecular complexity index is 433. The molecule has 0 atom stereocenters. The molecule has 2 heterocycles. The van der Waals surface area contributed by atoms with Crippen molar-refractivity contribution in [2.45, 2.75) is 19.8 Å². The number of nitrogens with zero attached hydrogens (tertiary/aromatic N) is 3. The fraction of sp³-hybridized carbons (Fsp3) is 0.333. The molecule has 2 rings (SSSR count). The van der Waals surface area contributed by atoms with Gasteiger partial charge in [-0.15, -0.1) is 0 Å².